The fourth-order valence-corrected chi connectivity index (χ4v) is 8.36. The Morgan fingerprint density at radius 2 is 1.87 bits per heavy atom. The van der Waals surface area contributed by atoms with Crippen LogP contribution in [0.15, 0.2) is 0 Å². The van der Waals surface area contributed by atoms with Gasteiger partial charge in [0.05, 0.1) is 25.7 Å². The van der Waals surface area contributed by atoms with Gasteiger partial charge in [0.1, 0.15) is 0 Å². The fraction of sp³-hybridized carbons (Fsp3) is 0.920. The molecule has 4 rings (SSSR count). The number of fused-ring (bicyclic) bond motifs is 5. The van der Waals surface area contributed by atoms with Crippen LogP contribution in [0.5, 0.6) is 0 Å². The predicted octanol–water partition coefficient (Wildman–Crippen LogP) is 4.36. The van der Waals surface area contributed by atoms with Crippen LogP contribution in [0.2, 0.25) is 0 Å². The molecule has 1 heterocycles. The largest absolute Gasteiger partial charge is 0.469 e. The summed E-state index contributed by atoms with van der Waals surface area (Å²) in [4.78, 5) is 24.5. The van der Waals surface area contributed by atoms with E-state index < -0.39 is 0 Å². The molecule has 4 aliphatic rings. The van der Waals surface area contributed by atoms with Gasteiger partial charge in [-0.25, -0.2) is 0 Å². The fourth-order valence-electron chi connectivity index (χ4n) is 8.36. The van der Waals surface area contributed by atoms with Gasteiger partial charge in [0, 0.05) is 6.42 Å². The molecule has 5 nitrogen and oxygen atoms in total. The highest BCUT2D eigenvalue weighted by Crippen LogP contribution is 2.66. The molecule has 9 atom stereocenters. The quantitative estimate of drug-likeness (QED) is 0.684. The van der Waals surface area contributed by atoms with E-state index >= 15 is 0 Å². The van der Waals surface area contributed by atoms with Crippen molar-refractivity contribution in [3.63, 3.8) is 0 Å². The van der Waals surface area contributed by atoms with Crippen molar-refractivity contribution < 1.29 is 24.2 Å². The maximum absolute atomic E-state index is 12.9. The molecule has 170 valence electrons. The average molecular weight is 421 g/mol. The molecule has 0 amide bonds. The van der Waals surface area contributed by atoms with Crippen molar-refractivity contribution in [2.45, 2.75) is 84.7 Å². The lowest BCUT2D eigenvalue weighted by Crippen LogP contribution is -2.51. The third-order valence-corrected chi connectivity index (χ3v) is 10.1. The zero-order valence-corrected chi connectivity index (χ0v) is 19.2. The normalized spacial score (nSPS) is 46.6. The van der Waals surface area contributed by atoms with Crippen LogP contribution in [-0.4, -0.2) is 36.9 Å². The van der Waals surface area contributed by atoms with E-state index in [-0.39, 0.29) is 34.8 Å². The highest BCUT2D eigenvalue weighted by atomic mass is 16.5. The van der Waals surface area contributed by atoms with Crippen LogP contribution in [0.25, 0.3) is 0 Å². The number of carbonyl (C=O) groups is 2. The van der Waals surface area contributed by atoms with Crippen molar-refractivity contribution in [3.8, 4) is 0 Å². The minimum absolute atomic E-state index is 0.0482. The number of esters is 2. The van der Waals surface area contributed by atoms with E-state index in [1.54, 1.807) is 0 Å². The molecule has 5 heteroatoms. The van der Waals surface area contributed by atoms with E-state index in [0.717, 1.165) is 25.7 Å². The first-order chi connectivity index (χ1) is 14.2. The summed E-state index contributed by atoms with van der Waals surface area (Å²) >= 11 is 0. The van der Waals surface area contributed by atoms with Crippen molar-refractivity contribution in [1.82, 2.24) is 0 Å². The third kappa shape index (κ3) is 3.49. The van der Waals surface area contributed by atoms with E-state index in [4.69, 9.17) is 9.47 Å². The van der Waals surface area contributed by atoms with Gasteiger partial charge in [-0.1, -0.05) is 20.8 Å². The summed E-state index contributed by atoms with van der Waals surface area (Å²) in [7, 11) is 1.46. The van der Waals surface area contributed by atoms with Crippen LogP contribution in [0.4, 0.5) is 0 Å². The Morgan fingerprint density at radius 3 is 2.60 bits per heavy atom. The average Bonchev–Trinajstić information content (AvgIpc) is 3.03. The first kappa shape index (κ1) is 22.1. The molecule has 0 bridgehead atoms. The van der Waals surface area contributed by atoms with Crippen molar-refractivity contribution in [2.24, 2.45) is 46.3 Å². The van der Waals surface area contributed by atoms with Crippen LogP contribution < -0.4 is 0 Å². The minimum atomic E-state index is -0.368. The lowest BCUT2D eigenvalue weighted by atomic mass is 9.48. The minimum Gasteiger partial charge on any atom is -0.469 e. The van der Waals surface area contributed by atoms with Crippen LogP contribution in [-0.2, 0) is 19.1 Å². The van der Waals surface area contributed by atoms with E-state index in [2.05, 4.69) is 20.8 Å². The molecular formula is C25H40O5. The first-order valence-electron chi connectivity index (χ1n) is 12.1. The van der Waals surface area contributed by atoms with Crippen molar-refractivity contribution >= 4 is 11.9 Å². The molecule has 0 spiro atoms. The number of hydrogen-bond acceptors (Lipinski definition) is 5. The smallest absolute Gasteiger partial charge is 0.309 e. The van der Waals surface area contributed by atoms with Gasteiger partial charge >= 0.3 is 11.9 Å². The standard InChI is InChI=1S/C25H40O5/c1-15(5-8-22(27)29-4)18-6-7-19-17-14-30-23(28)21-13-16(26)9-11-25(21,3)20(17)10-12-24(18,19)2/h15-21,26H,5-14H2,1-4H3/t15-,16-,17+,18-,19+,20+,21-,24-,25-/m1/s1. The monoisotopic (exact) mass is 420 g/mol. The zero-order chi connectivity index (χ0) is 21.7. The third-order valence-electron chi connectivity index (χ3n) is 10.1. The topological polar surface area (TPSA) is 72.8 Å². The molecule has 30 heavy (non-hydrogen) atoms. The second-order valence-corrected chi connectivity index (χ2v) is 11.3. The van der Waals surface area contributed by atoms with Crippen LogP contribution >= 0.6 is 0 Å². The summed E-state index contributed by atoms with van der Waals surface area (Å²) in [6.07, 6.45) is 8.08. The molecule has 4 fully saturated rings. The van der Waals surface area contributed by atoms with E-state index in [1.807, 2.05) is 0 Å². The molecule has 0 aromatic heterocycles. The van der Waals surface area contributed by atoms with Gasteiger partial charge in [-0.15, -0.1) is 0 Å². The summed E-state index contributed by atoms with van der Waals surface area (Å²) in [5, 5.41) is 10.2. The Balaban J connectivity index is 1.55. The van der Waals surface area contributed by atoms with Crippen molar-refractivity contribution in [2.75, 3.05) is 13.7 Å². The maximum Gasteiger partial charge on any atom is 0.309 e. The van der Waals surface area contributed by atoms with Crippen LogP contribution in [0, 0.1) is 46.3 Å². The molecule has 3 aliphatic carbocycles. The predicted molar refractivity (Wildman–Crippen MR) is 113 cm³/mol. The van der Waals surface area contributed by atoms with Gasteiger partial charge < -0.3 is 14.6 Å². The Hall–Kier alpha value is -1.10. The number of aliphatic hydroxyl groups is 1. The van der Waals surface area contributed by atoms with E-state index in [1.165, 1.54) is 26.4 Å². The number of methoxy groups -OCH3 is 1. The number of ether oxygens (including phenoxy) is 2. The second kappa shape index (κ2) is 8.11. The number of hydrogen-bond donors (Lipinski definition) is 1. The van der Waals surface area contributed by atoms with Gasteiger partial charge in [0.2, 0.25) is 0 Å². The molecule has 0 aromatic carbocycles. The summed E-state index contributed by atoms with van der Waals surface area (Å²) in [5.74, 6) is 2.28. The number of cyclic esters (lactones) is 1. The lowest BCUT2D eigenvalue weighted by molar-refractivity contribution is -0.155. The van der Waals surface area contributed by atoms with Gasteiger partial charge in [-0.2, -0.15) is 0 Å². The number of carbonyl (C=O) groups excluding carboxylic acids is 2. The van der Waals surface area contributed by atoms with Gasteiger partial charge in [0.25, 0.3) is 0 Å². The summed E-state index contributed by atoms with van der Waals surface area (Å²) in [6, 6.07) is 0. The first-order valence-corrected chi connectivity index (χ1v) is 12.1. The lowest BCUT2D eigenvalue weighted by Gasteiger charge is -2.55. The van der Waals surface area contributed by atoms with Crippen molar-refractivity contribution in [1.29, 1.82) is 0 Å². The van der Waals surface area contributed by atoms with Crippen LogP contribution in [0.1, 0.15) is 78.6 Å². The Bertz CT molecular complexity index is 676. The molecule has 0 radical (unpaired) electrons. The van der Waals surface area contributed by atoms with E-state index in [0.29, 0.717) is 49.0 Å². The SMILES string of the molecule is COC(=O)CC[C@@H](C)[C@H]1CC[C@H]2[C@@H]3COC(=O)[C@H]4C[C@H](O)CC[C@]4(C)[C@H]3CC[C@]12C. The van der Waals surface area contributed by atoms with Gasteiger partial charge in [-0.05, 0) is 91.8 Å². The molecule has 1 aliphatic heterocycles. The van der Waals surface area contributed by atoms with Crippen molar-refractivity contribution in [3.05, 3.63) is 0 Å². The number of aliphatic hydroxyl groups excluding tert-OH is 1. The Labute approximate surface area is 181 Å². The highest BCUT2D eigenvalue weighted by Gasteiger charge is 2.61. The van der Waals surface area contributed by atoms with Gasteiger partial charge in [-0.3, -0.25) is 9.59 Å². The molecule has 1 N–H and O–H groups in total. The molecule has 3 saturated carbocycles. The van der Waals surface area contributed by atoms with Crippen LogP contribution in [0.3, 0.4) is 0 Å². The summed E-state index contributed by atoms with van der Waals surface area (Å²) < 4.78 is 10.7. The zero-order valence-electron chi connectivity index (χ0n) is 19.2. The maximum atomic E-state index is 12.9. The molecule has 0 unspecified atom stereocenters. The van der Waals surface area contributed by atoms with E-state index in [9.17, 15) is 14.7 Å². The summed E-state index contributed by atoms with van der Waals surface area (Å²) in [6.45, 7) is 7.63. The summed E-state index contributed by atoms with van der Waals surface area (Å²) in [5.41, 5.74) is 0.209. The Kier molecular flexibility index (Phi) is 5.97. The van der Waals surface area contributed by atoms with Gasteiger partial charge in [0.15, 0.2) is 0 Å². The number of rotatable bonds is 4. The Morgan fingerprint density at radius 1 is 1.17 bits per heavy atom. The molecule has 1 saturated heterocycles. The second-order valence-electron chi connectivity index (χ2n) is 11.3. The molecule has 0 aromatic rings. The molecular weight excluding hydrogens is 380 g/mol. The highest BCUT2D eigenvalue weighted by molar-refractivity contribution is 5.74.